The molecular weight excluding hydrogens is 382 g/mol. The van der Waals surface area contributed by atoms with Gasteiger partial charge in [-0.25, -0.2) is 0 Å². The van der Waals surface area contributed by atoms with Crippen LogP contribution in [0.25, 0.3) is 22.2 Å². The number of ether oxygens (including phenoxy) is 1. The molecule has 0 spiro atoms. The summed E-state index contributed by atoms with van der Waals surface area (Å²) in [6, 6.07) is 22.7. The number of aromatic nitrogens is 3. The number of nitrogens with zero attached hydrogens (tertiary/aromatic N) is 3. The molecule has 2 aromatic carbocycles. The first kappa shape index (κ1) is 20.9. The molecule has 4 nitrogen and oxygen atoms in total. The fraction of sp³-hybridized carbons (Fsp3) is 0.259. The molecule has 0 amide bonds. The average molecular weight is 412 g/mol. The maximum atomic E-state index is 6.02. The molecule has 0 saturated carbocycles. The van der Waals surface area contributed by atoms with Crippen molar-refractivity contribution in [1.82, 2.24) is 14.8 Å². The standard InChI is InChI=1S/C27H29N3O/c1-19(31-27(3,4)5)17-24-20(2)30(29-26(24)22-12-7-6-8-13-22)18-23-16-15-21-11-9-10-14-25(21)28-23/h6-16H,1,17-18H2,2-5H3. The van der Waals surface area contributed by atoms with Gasteiger partial charge in [0.15, 0.2) is 0 Å². The predicted molar refractivity (Wildman–Crippen MR) is 127 cm³/mol. The van der Waals surface area contributed by atoms with Gasteiger partial charge in [0, 0.05) is 28.6 Å². The smallest absolute Gasteiger partial charge is 0.100 e. The lowest BCUT2D eigenvalue weighted by atomic mass is 10.0. The zero-order valence-electron chi connectivity index (χ0n) is 18.7. The maximum Gasteiger partial charge on any atom is 0.100 e. The third-order valence-electron chi connectivity index (χ3n) is 5.17. The Labute approximate surface area is 184 Å². The third kappa shape index (κ3) is 4.85. The maximum absolute atomic E-state index is 6.02. The lowest BCUT2D eigenvalue weighted by molar-refractivity contribution is 0.0500. The molecule has 4 heteroatoms. The average Bonchev–Trinajstić information content (AvgIpc) is 3.02. The van der Waals surface area contributed by atoms with Crippen LogP contribution in [-0.4, -0.2) is 20.4 Å². The van der Waals surface area contributed by atoms with Gasteiger partial charge in [0.1, 0.15) is 5.60 Å². The van der Waals surface area contributed by atoms with Crippen LogP contribution in [0, 0.1) is 6.92 Å². The van der Waals surface area contributed by atoms with E-state index in [1.54, 1.807) is 0 Å². The second-order valence-electron chi connectivity index (χ2n) is 8.86. The molecule has 0 fully saturated rings. The van der Waals surface area contributed by atoms with Gasteiger partial charge in [-0.3, -0.25) is 9.67 Å². The van der Waals surface area contributed by atoms with Crippen molar-refractivity contribution in [2.24, 2.45) is 0 Å². The van der Waals surface area contributed by atoms with Gasteiger partial charge in [-0.05, 0) is 39.8 Å². The molecule has 0 unspecified atom stereocenters. The lowest BCUT2D eigenvalue weighted by Crippen LogP contribution is -2.19. The number of rotatable bonds is 6. The fourth-order valence-electron chi connectivity index (χ4n) is 3.79. The van der Waals surface area contributed by atoms with Crippen molar-refractivity contribution in [1.29, 1.82) is 0 Å². The molecule has 0 aliphatic carbocycles. The van der Waals surface area contributed by atoms with Gasteiger partial charge in [0.25, 0.3) is 0 Å². The third-order valence-corrected chi connectivity index (χ3v) is 5.17. The number of pyridine rings is 1. The van der Waals surface area contributed by atoms with E-state index in [-0.39, 0.29) is 5.60 Å². The van der Waals surface area contributed by atoms with E-state index >= 15 is 0 Å². The van der Waals surface area contributed by atoms with Crippen LogP contribution in [-0.2, 0) is 17.7 Å². The summed E-state index contributed by atoms with van der Waals surface area (Å²) in [5, 5.41) is 6.13. The molecule has 0 radical (unpaired) electrons. The first-order valence-electron chi connectivity index (χ1n) is 10.6. The monoisotopic (exact) mass is 411 g/mol. The Kier molecular flexibility index (Phi) is 5.64. The van der Waals surface area contributed by atoms with Crippen molar-refractivity contribution >= 4 is 10.9 Å². The highest BCUT2D eigenvalue weighted by molar-refractivity contribution is 5.78. The van der Waals surface area contributed by atoms with Crippen molar-refractivity contribution in [3.05, 3.63) is 96.0 Å². The number of hydrogen-bond donors (Lipinski definition) is 0. The Morgan fingerprint density at radius 3 is 2.42 bits per heavy atom. The van der Waals surface area contributed by atoms with Crippen molar-refractivity contribution in [3.63, 3.8) is 0 Å². The van der Waals surface area contributed by atoms with E-state index < -0.39 is 0 Å². The zero-order chi connectivity index (χ0) is 22.0. The lowest BCUT2D eigenvalue weighted by Gasteiger charge is -2.23. The van der Waals surface area contributed by atoms with E-state index in [0.717, 1.165) is 44.9 Å². The summed E-state index contributed by atoms with van der Waals surface area (Å²) in [6.07, 6.45) is 0.623. The molecule has 158 valence electrons. The second kappa shape index (κ2) is 8.38. The minimum atomic E-state index is -0.275. The van der Waals surface area contributed by atoms with Crippen LogP contribution in [0.5, 0.6) is 0 Å². The van der Waals surface area contributed by atoms with Gasteiger partial charge in [-0.2, -0.15) is 5.10 Å². The molecule has 0 N–H and O–H groups in total. The van der Waals surface area contributed by atoms with E-state index in [1.807, 2.05) is 61.9 Å². The molecule has 2 heterocycles. The molecule has 31 heavy (non-hydrogen) atoms. The van der Waals surface area contributed by atoms with Crippen LogP contribution < -0.4 is 0 Å². The Bertz CT molecular complexity index is 1220. The summed E-state index contributed by atoms with van der Waals surface area (Å²) in [6.45, 7) is 13.0. The number of hydrogen-bond acceptors (Lipinski definition) is 3. The van der Waals surface area contributed by atoms with Gasteiger partial charge >= 0.3 is 0 Å². The van der Waals surface area contributed by atoms with Gasteiger partial charge in [0.2, 0.25) is 0 Å². The van der Waals surface area contributed by atoms with Crippen LogP contribution >= 0.6 is 0 Å². The van der Waals surface area contributed by atoms with E-state index in [1.165, 1.54) is 0 Å². The molecule has 0 aliphatic rings. The van der Waals surface area contributed by atoms with Gasteiger partial charge in [-0.1, -0.05) is 61.2 Å². The first-order chi connectivity index (χ1) is 14.8. The predicted octanol–water partition coefficient (Wildman–Crippen LogP) is 6.33. The molecule has 2 aromatic heterocycles. The highest BCUT2D eigenvalue weighted by Gasteiger charge is 2.20. The topological polar surface area (TPSA) is 39.9 Å². The molecule has 0 saturated heterocycles. The van der Waals surface area contributed by atoms with Crippen LogP contribution in [0.2, 0.25) is 0 Å². The SMILES string of the molecule is C=C(Cc1c(-c2ccccc2)nn(Cc2ccc3ccccc3n2)c1C)OC(C)(C)C. The Morgan fingerprint density at radius 2 is 1.68 bits per heavy atom. The molecule has 4 rings (SSSR count). The van der Waals surface area contributed by atoms with Crippen LogP contribution in [0.3, 0.4) is 0 Å². The van der Waals surface area contributed by atoms with Crippen molar-refractivity contribution in [3.8, 4) is 11.3 Å². The quantitative estimate of drug-likeness (QED) is 0.348. The summed E-state index contributed by atoms with van der Waals surface area (Å²) < 4.78 is 8.06. The number of fused-ring (bicyclic) bond motifs is 1. The van der Waals surface area contributed by atoms with Crippen LogP contribution in [0.4, 0.5) is 0 Å². The minimum Gasteiger partial charge on any atom is -0.493 e. The largest absolute Gasteiger partial charge is 0.493 e. The summed E-state index contributed by atoms with van der Waals surface area (Å²) in [4.78, 5) is 4.83. The Hall–Kier alpha value is -3.40. The number of benzene rings is 2. The van der Waals surface area contributed by atoms with Crippen LogP contribution in [0.15, 0.2) is 79.1 Å². The van der Waals surface area contributed by atoms with Gasteiger partial charge < -0.3 is 4.74 Å². The van der Waals surface area contributed by atoms with E-state index in [4.69, 9.17) is 14.8 Å². The first-order valence-corrected chi connectivity index (χ1v) is 10.6. The minimum absolute atomic E-state index is 0.275. The molecular formula is C27H29N3O. The normalized spacial score (nSPS) is 11.6. The van der Waals surface area contributed by atoms with Crippen molar-refractivity contribution in [2.75, 3.05) is 0 Å². The van der Waals surface area contributed by atoms with E-state index in [9.17, 15) is 0 Å². The zero-order valence-corrected chi connectivity index (χ0v) is 18.7. The summed E-state index contributed by atoms with van der Waals surface area (Å²) in [7, 11) is 0. The van der Waals surface area contributed by atoms with Crippen LogP contribution in [0.1, 0.15) is 37.7 Å². The number of para-hydroxylation sites is 1. The summed E-state index contributed by atoms with van der Waals surface area (Å²) >= 11 is 0. The van der Waals surface area contributed by atoms with Crippen molar-refractivity contribution < 1.29 is 4.74 Å². The highest BCUT2D eigenvalue weighted by Crippen LogP contribution is 2.29. The molecule has 4 aromatic rings. The van der Waals surface area contributed by atoms with Gasteiger partial charge in [-0.15, -0.1) is 0 Å². The molecule has 0 aliphatic heterocycles. The number of allylic oxidation sites excluding steroid dienone is 1. The Balaban J connectivity index is 1.71. The van der Waals surface area contributed by atoms with E-state index in [2.05, 4.69) is 43.8 Å². The molecule has 0 atom stereocenters. The highest BCUT2D eigenvalue weighted by atomic mass is 16.5. The second-order valence-corrected chi connectivity index (χ2v) is 8.86. The summed E-state index contributed by atoms with van der Waals surface area (Å²) in [5.74, 6) is 0.746. The Morgan fingerprint density at radius 1 is 0.968 bits per heavy atom. The summed E-state index contributed by atoms with van der Waals surface area (Å²) in [5.41, 5.74) is 6.02. The molecule has 0 bridgehead atoms. The van der Waals surface area contributed by atoms with E-state index in [0.29, 0.717) is 13.0 Å². The van der Waals surface area contributed by atoms with Gasteiger partial charge in [0.05, 0.1) is 29.2 Å². The van der Waals surface area contributed by atoms with Crippen molar-refractivity contribution in [2.45, 2.75) is 46.3 Å². The fourth-order valence-corrected chi connectivity index (χ4v) is 3.79.